The van der Waals surface area contributed by atoms with Gasteiger partial charge < -0.3 is 14.8 Å². The number of ether oxygens (including phenoxy) is 2. The molecule has 2 aromatic carbocycles. The van der Waals surface area contributed by atoms with E-state index in [1.165, 1.54) is 4.31 Å². The van der Waals surface area contributed by atoms with Crippen molar-refractivity contribution < 1.29 is 22.7 Å². The van der Waals surface area contributed by atoms with Crippen molar-refractivity contribution in [3.8, 4) is 11.5 Å². The average Bonchev–Trinajstić information content (AvgIpc) is 2.80. The zero-order valence-electron chi connectivity index (χ0n) is 18.0. The van der Waals surface area contributed by atoms with Crippen LogP contribution in [-0.2, 0) is 21.4 Å². The SMILES string of the molecule is CCOc1ccc(CNC(=O)[C@@H]2CCCN(S(=O)(=O)c3ccccc3)C2)cc1OCC. The predicted octanol–water partition coefficient (Wildman–Crippen LogP) is 3.20. The zero-order valence-corrected chi connectivity index (χ0v) is 18.9. The summed E-state index contributed by atoms with van der Waals surface area (Å²) in [5.74, 6) is 0.809. The minimum Gasteiger partial charge on any atom is -0.490 e. The quantitative estimate of drug-likeness (QED) is 0.639. The Balaban J connectivity index is 1.62. The van der Waals surface area contributed by atoms with E-state index in [-0.39, 0.29) is 23.3 Å². The highest BCUT2D eigenvalue weighted by Gasteiger charge is 2.33. The fourth-order valence-corrected chi connectivity index (χ4v) is 5.20. The van der Waals surface area contributed by atoms with Crippen LogP contribution >= 0.6 is 0 Å². The van der Waals surface area contributed by atoms with Crippen LogP contribution in [-0.4, -0.2) is 44.9 Å². The largest absolute Gasteiger partial charge is 0.490 e. The second-order valence-corrected chi connectivity index (χ2v) is 9.32. The van der Waals surface area contributed by atoms with E-state index in [2.05, 4.69) is 5.32 Å². The van der Waals surface area contributed by atoms with Gasteiger partial charge in [-0.1, -0.05) is 24.3 Å². The molecular weight excluding hydrogens is 416 g/mol. The van der Waals surface area contributed by atoms with E-state index >= 15 is 0 Å². The van der Waals surface area contributed by atoms with E-state index in [0.29, 0.717) is 50.6 Å². The van der Waals surface area contributed by atoms with Gasteiger partial charge in [-0.15, -0.1) is 0 Å². The number of nitrogens with one attached hydrogen (secondary N) is 1. The minimum absolute atomic E-state index is 0.139. The number of hydrogen-bond donors (Lipinski definition) is 1. The summed E-state index contributed by atoms with van der Waals surface area (Å²) in [5.41, 5.74) is 0.893. The van der Waals surface area contributed by atoms with Crippen molar-refractivity contribution in [3.05, 3.63) is 54.1 Å². The Bertz CT molecular complexity index is 979. The van der Waals surface area contributed by atoms with Crippen LogP contribution in [0.5, 0.6) is 11.5 Å². The Hall–Kier alpha value is -2.58. The molecule has 0 bridgehead atoms. The Morgan fingerprint density at radius 3 is 2.48 bits per heavy atom. The summed E-state index contributed by atoms with van der Waals surface area (Å²) < 4.78 is 38.4. The van der Waals surface area contributed by atoms with Gasteiger partial charge in [0.1, 0.15) is 0 Å². The summed E-state index contributed by atoms with van der Waals surface area (Å²) in [6.45, 7) is 5.84. The first-order valence-electron chi connectivity index (χ1n) is 10.7. The summed E-state index contributed by atoms with van der Waals surface area (Å²) in [5, 5.41) is 2.94. The molecule has 1 aliphatic rings. The number of benzene rings is 2. The Labute approximate surface area is 184 Å². The van der Waals surface area contributed by atoms with Crippen LogP contribution in [0.4, 0.5) is 0 Å². The van der Waals surface area contributed by atoms with Crippen molar-refractivity contribution in [2.24, 2.45) is 5.92 Å². The van der Waals surface area contributed by atoms with E-state index in [9.17, 15) is 13.2 Å². The number of rotatable bonds is 9. The molecule has 0 aliphatic carbocycles. The van der Waals surface area contributed by atoms with Gasteiger partial charge in [-0.2, -0.15) is 4.31 Å². The molecule has 168 valence electrons. The molecule has 0 unspecified atom stereocenters. The Morgan fingerprint density at radius 2 is 1.77 bits per heavy atom. The third-order valence-corrected chi connectivity index (χ3v) is 7.09. The number of amides is 1. The van der Waals surface area contributed by atoms with Gasteiger partial charge in [0.2, 0.25) is 15.9 Å². The molecule has 1 fully saturated rings. The van der Waals surface area contributed by atoms with E-state index < -0.39 is 10.0 Å². The summed E-state index contributed by atoms with van der Waals surface area (Å²) in [6.07, 6.45) is 1.32. The lowest BCUT2D eigenvalue weighted by Gasteiger charge is -2.31. The van der Waals surface area contributed by atoms with Gasteiger partial charge in [0, 0.05) is 19.6 Å². The van der Waals surface area contributed by atoms with Crippen molar-refractivity contribution in [2.75, 3.05) is 26.3 Å². The molecule has 0 aromatic heterocycles. The molecular formula is C23H30N2O5S. The molecule has 1 N–H and O–H groups in total. The van der Waals surface area contributed by atoms with Crippen molar-refractivity contribution in [1.82, 2.24) is 9.62 Å². The molecule has 1 atom stereocenters. The summed E-state index contributed by atoms with van der Waals surface area (Å²) in [6, 6.07) is 13.9. The van der Waals surface area contributed by atoms with E-state index in [4.69, 9.17) is 9.47 Å². The third kappa shape index (κ3) is 5.77. The van der Waals surface area contributed by atoms with Gasteiger partial charge in [-0.05, 0) is 56.5 Å². The first-order valence-corrected chi connectivity index (χ1v) is 12.1. The molecule has 1 heterocycles. The molecule has 1 amide bonds. The van der Waals surface area contributed by atoms with E-state index in [1.807, 2.05) is 32.0 Å². The highest BCUT2D eigenvalue weighted by Crippen LogP contribution is 2.29. The van der Waals surface area contributed by atoms with Crippen LogP contribution in [0, 0.1) is 5.92 Å². The third-order valence-electron chi connectivity index (χ3n) is 5.21. The maximum Gasteiger partial charge on any atom is 0.243 e. The van der Waals surface area contributed by atoms with Gasteiger partial charge in [-0.25, -0.2) is 8.42 Å². The maximum atomic E-state index is 12.9. The lowest BCUT2D eigenvalue weighted by Crippen LogP contribution is -2.45. The van der Waals surface area contributed by atoms with E-state index in [1.54, 1.807) is 30.3 Å². The normalized spacial score (nSPS) is 17.2. The molecule has 8 heteroatoms. The highest BCUT2D eigenvalue weighted by atomic mass is 32.2. The van der Waals surface area contributed by atoms with Crippen molar-refractivity contribution in [3.63, 3.8) is 0 Å². The lowest BCUT2D eigenvalue weighted by atomic mass is 9.98. The van der Waals surface area contributed by atoms with Gasteiger partial charge in [0.25, 0.3) is 0 Å². The molecule has 0 spiro atoms. The van der Waals surface area contributed by atoms with Crippen molar-refractivity contribution in [2.45, 2.75) is 38.1 Å². The number of sulfonamides is 1. The molecule has 1 aliphatic heterocycles. The average molecular weight is 447 g/mol. The first-order chi connectivity index (χ1) is 15.0. The minimum atomic E-state index is -3.59. The zero-order chi connectivity index (χ0) is 22.3. The molecule has 3 rings (SSSR count). The number of nitrogens with zero attached hydrogens (tertiary/aromatic N) is 1. The highest BCUT2D eigenvalue weighted by molar-refractivity contribution is 7.89. The second-order valence-electron chi connectivity index (χ2n) is 7.38. The number of carbonyl (C=O) groups is 1. The monoisotopic (exact) mass is 446 g/mol. The van der Waals surface area contributed by atoms with Gasteiger partial charge in [-0.3, -0.25) is 4.79 Å². The summed E-state index contributed by atoms with van der Waals surface area (Å²) >= 11 is 0. The number of hydrogen-bond acceptors (Lipinski definition) is 5. The summed E-state index contributed by atoms with van der Waals surface area (Å²) in [7, 11) is -3.59. The Kier molecular flexibility index (Phi) is 7.92. The smallest absolute Gasteiger partial charge is 0.243 e. The number of piperidine rings is 1. The van der Waals surface area contributed by atoms with Crippen LogP contribution < -0.4 is 14.8 Å². The molecule has 0 saturated carbocycles. The second kappa shape index (κ2) is 10.6. The van der Waals surface area contributed by atoms with Crippen LogP contribution in [0.2, 0.25) is 0 Å². The fourth-order valence-electron chi connectivity index (χ4n) is 3.66. The van der Waals surface area contributed by atoms with Crippen LogP contribution in [0.1, 0.15) is 32.3 Å². The standard InChI is InChI=1S/C23H30N2O5S/c1-3-29-21-13-12-18(15-22(21)30-4-2)16-24-23(26)19-9-8-14-25(17-19)31(27,28)20-10-6-5-7-11-20/h5-7,10-13,15,19H,3-4,8-9,14,16-17H2,1-2H3,(H,24,26)/t19-/m1/s1. The van der Waals surface area contributed by atoms with Crippen LogP contribution in [0.3, 0.4) is 0 Å². The predicted molar refractivity (Wildman–Crippen MR) is 119 cm³/mol. The van der Waals surface area contributed by atoms with Crippen molar-refractivity contribution >= 4 is 15.9 Å². The molecule has 2 aromatic rings. The van der Waals surface area contributed by atoms with Crippen LogP contribution in [0.25, 0.3) is 0 Å². The molecule has 0 radical (unpaired) electrons. The lowest BCUT2D eigenvalue weighted by molar-refractivity contribution is -0.126. The molecule has 1 saturated heterocycles. The van der Waals surface area contributed by atoms with Gasteiger partial charge in [0.05, 0.1) is 24.0 Å². The van der Waals surface area contributed by atoms with Crippen LogP contribution in [0.15, 0.2) is 53.4 Å². The number of carbonyl (C=O) groups excluding carboxylic acids is 1. The van der Waals surface area contributed by atoms with E-state index in [0.717, 1.165) is 5.56 Å². The fraction of sp³-hybridized carbons (Fsp3) is 0.435. The molecule has 31 heavy (non-hydrogen) atoms. The van der Waals surface area contributed by atoms with Crippen molar-refractivity contribution in [1.29, 1.82) is 0 Å². The Morgan fingerprint density at radius 1 is 1.06 bits per heavy atom. The van der Waals surface area contributed by atoms with Gasteiger partial charge >= 0.3 is 0 Å². The molecule has 7 nitrogen and oxygen atoms in total. The maximum absolute atomic E-state index is 12.9. The summed E-state index contributed by atoms with van der Waals surface area (Å²) in [4.78, 5) is 13.0. The first kappa shape index (κ1) is 23.1. The van der Waals surface area contributed by atoms with Gasteiger partial charge in [0.15, 0.2) is 11.5 Å². The topological polar surface area (TPSA) is 84.9 Å².